The number of imidazole rings is 1. The predicted molar refractivity (Wildman–Crippen MR) is 197 cm³/mol. The lowest BCUT2D eigenvalue weighted by Gasteiger charge is -2.33. The van der Waals surface area contributed by atoms with Gasteiger partial charge >= 0.3 is 6.09 Å². The van der Waals surface area contributed by atoms with Crippen LogP contribution in [0.4, 0.5) is 4.79 Å². The molecule has 1 unspecified atom stereocenters. The van der Waals surface area contributed by atoms with E-state index in [2.05, 4.69) is 55.1 Å². The summed E-state index contributed by atoms with van der Waals surface area (Å²) in [5, 5.41) is 13.8. The fraction of sp³-hybridized carbons (Fsp3) is 0.711. The van der Waals surface area contributed by atoms with Crippen LogP contribution in [-0.2, 0) is 20.9 Å². The van der Waals surface area contributed by atoms with Crippen LogP contribution < -0.4 is 0 Å². The molecule has 2 saturated heterocycles. The second-order valence-corrected chi connectivity index (χ2v) is 15.3. The van der Waals surface area contributed by atoms with Crippen molar-refractivity contribution in [3.05, 3.63) is 29.6 Å². The average molecular weight is 702 g/mol. The first kappa shape index (κ1) is 42.5. The van der Waals surface area contributed by atoms with E-state index in [0.717, 1.165) is 80.7 Å². The van der Waals surface area contributed by atoms with Crippen molar-refractivity contribution >= 4 is 36.0 Å². The van der Waals surface area contributed by atoms with Crippen LogP contribution in [0.1, 0.15) is 122 Å². The molecule has 3 heterocycles. The number of benzene rings is 1. The minimum Gasteiger partial charge on any atom is -0.483 e. The number of carbonyl (C=O) groups excluding carboxylic acids is 2. The quantitative estimate of drug-likeness (QED) is 0.224. The number of nitrogens with zero attached hydrogens (tertiary/aromatic N) is 5. The van der Waals surface area contributed by atoms with Crippen molar-refractivity contribution in [2.24, 2.45) is 11.8 Å². The zero-order valence-corrected chi connectivity index (χ0v) is 31.8. The zero-order chi connectivity index (χ0) is 37.4. The van der Waals surface area contributed by atoms with E-state index in [1.165, 1.54) is 19.4 Å². The molecule has 0 bridgehead atoms. The van der Waals surface area contributed by atoms with Gasteiger partial charge in [0.1, 0.15) is 11.4 Å². The molecule has 0 saturated carbocycles. The van der Waals surface area contributed by atoms with Crippen LogP contribution in [0.2, 0.25) is 0 Å². The van der Waals surface area contributed by atoms with Crippen LogP contribution in [0.15, 0.2) is 18.2 Å². The number of hydrogen-bond acceptors (Lipinski definition) is 7. The number of carboxylic acid groups (broad SMARTS) is 2. The lowest BCUT2D eigenvalue weighted by molar-refractivity contribution is -0.123. The Kier molecular flexibility index (Phi) is 17.7. The monoisotopic (exact) mass is 701 g/mol. The summed E-state index contributed by atoms with van der Waals surface area (Å²) in [6.07, 6.45) is 7.11. The van der Waals surface area contributed by atoms with Gasteiger partial charge in [0, 0.05) is 56.8 Å². The van der Waals surface area contributed by atoms with Crippen LogP contribution in [0.25, 0.3) is 11.0 Å². The molecule has 0 aliphatic carbocycles. The summed E-state index contributed by atoms with van der Waals surface area (Å²) >= 11 is 0. The SMILES string of the molecule is CC(C)CCN(CCC(C)C)C(=O)c1ccc2nc(C3CCN(C(=O)OC(C)(C)C)CC3)n(CCCN3CCCC3C)c2c1.O=CO.O=CO. The van der Waals surface area contributed by atoms with E-state index >= 15 is 0 Å². The molecule has 2 aromatic rings. The first-order valence-electron chi connectivity index (χ1n) is 18.3. The number of piperidine rings is 1. The lowest BCUT2D eigenvalue weighted by atomic mass is 9.96. The minimum atomic E-state index is -0.497. The van der Waals surface area contributed by atoms with Gasteiger partial charge in [-0.15, -0.1) is 0 Å². The third-order valence-corrected chi connectivity index (χ3v) is 9.29. The van der Waals surface area contributed by atoms with Crippen LogP contribution in [0, 0.1) is 11.8 Å². The summed E-state index contributed by atoms with van der Waals surface area (Å²) in [5.74, 6) is 2.59. The number of rotatable bonds is 12. The van der Waals surface area contributed by atoms with Crippen molar-refractivity contribution in [1.29, 1.82) is 0 Å². The van der Waals surface area contributed by atoms with Crippen molar-refractivity contribution in [2.75, 3.05) is 39.3 Å². The molecular formula is C38H63N5O7. The highest BCUT2D eigenvalue weighted by atomic mass is 16.6. The van der Waals surface area contributed by atoms with Crippen molar-refractivity contribution in [3.8, 4) is 0 Å². The minimum absolute atomic E-state index is 0.124. The smallest absolute Gasteiger partial charge is 0.410 e. The second kappa shape index (κ2) is 20.9. The molecule has 2 aliphatic rings. The van der Waals surface area contributed by atoms with Gasteiger partial charge in [0.25, 0.3) is 18.9 Å². The first-order chi connectivity index (χ1) is 23.6. The summed E-state index contributed by atoms with van der Waals surface area (Å²) in [6, 6.07) is 6.77. The summed E-state index contributed by atoms with van der Waals surface area (Å²) in [5.41, 5.74) is 2.27. The standard InChI is InChI=1S/C36H59N5O3.2CH2O2/c1-26(2)14-21-39(22-15-27(3)4)34(42)30-12-13-31-32(25-30)41(20-10-19-38-18-9-11-28(38)5)33(37-31)29-16-23-40(24-17-29)35(43)44-36(6,7)8;2*2-1-3/h12-13,25-29H,9-11,14-24H2,1-8H3;2*1H,(H,2,3). The van der Waals surface area contributed by atoms with Crippen molar-refractivity contribution in [2.45, 2.75) is 124 Å². The van der Waals surface area contributed by atoms with Crippen molar-refractivity contribution in [1.82, 2.24) is 24.3 Å². The topological polar surface area (TPSA) is 146 Å². The molecule has 1 aromatic heterocycles. The molecule has 2 N–H and O–H groups in total. The van der Waals surface area contributed by atoms with Crippen molar-refractivity contribution < 1.29 is 34.1 Å². The average Bonchev–Trinajstić information content (AvgIpc) is 3.63. The number of aryl methyl sites for hydroxylation is 1. The highest BCUT2D eigenvalue weighted by molar-refractivity contribution is 5.97. The second-order valence-electron chi connectivity index (χ2n) is 15.3. The van der Waals surface area contributed by atoms with Crippen molar-refractivity contribution in [3.63, 3.8) is 0 Å². The molecule has 12 nitrogen and oxygen atoms in total. The zero-order valence-electron chi connectivity index (χ0n) is 31.8. The van der Waals surface area contributed by atoms with E-state index in [1.54, 1.807) is 0 Å². The van der Waals surface area contributed by atoms with Crippen LogP contribution in [0.5, 0.6) is 0 Å². The Labute approximate surface area is 299 Å². The van der Waals surface area contributed by atoms with E-state index in [-0.39, 0.29) is 30.9 Å². The van der Waals surface area contributed by atoms with Gasteiger partial charge in [-0.1, -0.05) is 27.7 Å². The van der Waals surface area contributed by atoms with Gasteiger partial charge in [0.2, 0.25) is 0 Å². The molecule has 2 aliphatic heterocycles. The Bertz CT molecular complexity index is 1330. The lowest BCUT2D eigenvalue weighted by Crippen LogP contribution is -2.41. The summed E-state index contributed by atoms with van der Waals surface area (Å²) < 4.78 is 8.04. The number of likely N-dealkylation sites (tertiary alicyclic amines) is 2. The highest BCUT2D eigenvalue weighted by Crippen LogP contribution is 2.32. The van der Waals surface area contributed by atoms with Gasteiger partial charge < -0.3 is 34.2 Å². The fourth-order valence-electron chi connectivity index (χ4n) is 6.55. The van der Waals surface area contributed by atoms with Gasteiger partial charge in [0.05, 0.1) is 11.0 Å². The molecule has 1 atom stereocenters. The molecule has 50 heavy (non-hydrogen) atoms. The molecule has 4 rings (SSSR count). The Morgan fingerprint density at radius 1 is 0.960 bits per heavy atom. The highest BCUT2D eigenvalue weighted by Gasteiger charge is 2.31. The molecule has 12 heteroatoms. The summed E-state index contributed by atoms with van der Waals surface area (Å²) in [4.78, 5) is 55.0. The van der Waals surface area contributed by atoms with E-state index in [9.17, 15) is 9.59 Å². The maximum Gasteiger partial charge on any atom is 0.410 e. The van der Waals surface area contributed by atoms with E-state index < -0.39 is 5.60 Å². The number of carbonyl (C=O) groups is 4. The molecule has 1 aromatic carbocycles. The molecule has 0 spiro atoms. The van der Waals surface area contributed by atoms with Gasteiger partial charge in [-0.2, -0.15) is 0 Å². The molecule has 0 radical (unpaired) electrons. The molecular weight excluding hydrogens is 638 g/mol. The van der Waals surface area contributed by atoms with Gasteiger partial charge in [-0.05, 0) is 109 Å². The Balaban J connectivity index is 0.00000135. The fourth-order valence-corrected chi connectivity index (χ4v) is 6.55. The number of amides is 2. The predicted octanol–water partition coefficient (Wildman–Crippen LogP) is 6.96. The number of aromatic nitrogens is 2. The third kappa shape index (κ3) is 13.6. The van der Waals surface area contributed by atoms with Gasteiger partial charge in [-0.3, -0.25) is 14.4 Å². The number of hydrogen-bond donors (Lipinski definition) is 2. The van der Waals surface area contributed by atoms with E-state index in [1.807, 2.05) is 37.8 Å². The molecule has 2 fully saturated rings. The van der Waals surface area contributed by atoms with Crippen LogP contribution in [-0.4, -0.2) is 110 Å². The Morgan fingerprint density at radius 2 is 1.54 bits per heavy atom. The maximum absolute atomic E-state index is 13.9. The van der Waals surface area contributed by atoms with Crippen LogP contribution in [0.3, 0.4) is 0 Å². The summed E-state index contributed by atoms with van der Waals surface area (Å²) in [6.45, 7) is 22.5. The number of fused-ring (bicyclic) bond motifs is 1. The Hall–Kier alpha value is -3.67. The maximum atomic E-state index is 13.9. The molecule has 2 amide bonds. The first-order valence-corrected chi connectivity index (χ1v) is 18.3. The van der Waals surface area contributed by atoms with E-state index in [0.29, 0.717) is 31.0 Å². The van der Waals surface area contributed by atoms with Gasteiger partial charge in [0.15, 0.2) is 0 Å². The van der Waals surface area contributed by atoms with E-state index in [4.69, 9.17) is 29.5 Å². The third-order valence-electron chi connectivity index (χ3n) is 9.29. The van der Waals surface area contributed by atoms with Crippen LogP contribution >= 0.6 is 0 Å². The largest absolute Gasteiger partial charge is 0.483 e. The summed E-state index contributed by atoms with van der Waals surface area (Å²) in [7, 11) is 0. The Morgan fingerprint density at radius 3 is 2.04 bits per heavy atom. The normalized spacial score (nSPS) is 16.8. The number of ether oxygens (including phenoxy) is 1. The molecule has 282 valence electrons. The van der Waals surface area contributed by atoms with Gasteiger partial charge in [-0.25, -0.2) is 9.78 Å².